The van der Waals surface area contributed by atoms with Crippen LogP contribution in [0.2, 0.25) is 0 Å². The van der Waals surface area contributed by atoms with Crippen LogP contribution in [0.15, 0.2) is 18.2 Å². The van der Waals surface area contributed by atoms with E-state index in [1.54, 1.807) is 14.2 Å². The molecule has 0 aromatic heterocycles. The summed E-state index contributed by atoms with van der Waals surface area (Å²) >= 11 is 0. The van der Waals surface area contributed by atoms with Crippen molar-refractivity contribution >= 4 is 0 Å². The van der Waals surface area contributed by atoms with Crippen LogP contribution in [0.5, 0.6) is 11.5 Å². The third kappa shape index (κ3) is 2.31. The fraction of sp³-hybridized carbons (Fsp3) is 0.571. The zero-order valence-corrected chi connectivity index (χ0v) is 11.2. The van der Waals surface area contributed by atoms with Crippen molar-refractivity contribution in [1.29, 1.82) is 0 Å². The second-order valence-corrected chi connectivity index (χ2v) is 4.71. The second-order valence-electron chi connectivity index (χ2n) is 4.71. The highest BCUT2D eigenvalue weighted by Crippen LogP contribution is 2.38. The molecule has 1 heterocycles. The van der Waals surface area contributed by atoms with E-state index < -0.39 is 0 Å². The Labute approximate surface area is 108 Å². The number of rotatable bonds is 4. The van der Waals surface area contributed by atoms with E-state index in [2.05, 4.69) is 17.9 Å². The maximum Gasteiger partial charge on any atom is 0.161 e. The molecule has 1 fully saturated rings. The van der Waals surface area contributed by atoms with E-state index in [0.717, 1.165) is 44.1 Å². The fourth-order valence-corrected chi connectivity index (χ4v) is 2.61. The van der Waals surface area contributed by atoms with Crippen molar-refractivity contribution in [3.8, 4) is 11.5 Å². The Morgan fingerprint density at radius 3 is 2.39 bits per heavy atom. The number of ether oxygens (including phenoxy) is 3. The van der Waals surface area contributed by atoms with Gasteiger partial charge in [0, 0.05) is 18.6 Å². The van der Waals surface area contributed by atoms with Crippen molar-refractivity contribution in [1.82, 2.24) is 0 Å². The van der Waals surface area contributed by atoms with Gasteiger partial charge in [-0.15, -0.1) is 0 Å². The Morgan fingerprint density at radius 1 is 1.17 bits per heavy atom. The first-order valence-corrected chi connectivity index (χ1v) is 6.35. The van der Waals surface area contributed by atoms with Gasteiger partial charge in [-0.05, 0) is 30.5 Å². The Balaban J connectivity index is 2.36. The van der Waals surface area contributed by atoms with Crippen molar-refractivity contribution in [2.45, 2.75) is 18.3 Å². The van der Waals surface area contributed by atoms with Gasteiger partial charge in [0.2, 0.25) is 0 Å². The molecule has 18 heavy (non-hydrogen) atoms. The normalized spacial score (nSPS) is 18.4. The number of hydrogen-bond acceptors (Lipinski definition) is 3. The van der Waals surface area contributed by atoms with Crippen LogP contribution in [0, 0.1) is 0 Å². The summed E-state index contributed by atoms with van der Waals surface area (Å²) in [5.41, 5.74) is 5.53. The van der Waals surface area contributed by atoms with Gasteiger partial charge in [-0.3, -0.25) is 0 Å². The van der Waals surface area contributed by atoms with Crippen molar-refractivity contribution in [3.05, 3.63) is 23.8 Å². The molecule has 0 amide bonds. The zero-order valence-electron chi connectivity index (χ0n) is 11.2. The Hall–Kier alpha value is -1.26. The largest absolute Gasteiger partial charge is 0.493 e. The highest BCUT2D eigenvalue weighted by Gasteiger charge is 2.35. The third-order valence-electron chi connectivity index (χ3n) is 3.92. The van der Waals surface area contributed by atoms with Crippen LogP contribution in [0.1, 0.15) is 18.4 Å². The quantitative estimate of drug-likeness (QED) is 0.869. The maximum atomic E-state index is 5.47. The highest BCUT2D eigenvalue weighted by molar-refractivity contribution is 5.45. The first kappa shape index (κ1) is 13.2. The molecule has 1 aliphatic heterocycles. The summed E-state index contributed by atoms with van der Waals surface area (Å²) in [4.78, 5) is 0. The standard InChI is InChI=1S/C14H21NO3/c1-16-12-4-3-11(9-13(12)17-2)14(10-15)5-7-18-8-6-14/h3-4,9H,5-8,10,15H2,1-2H3/p+1. The monoisotopic (exact) mass is 252 g/mol. The van der Waals surface area contributed by atoms with E-state index in [-0.39, 0.29) is 5.41 Å². The molecule has 1 aromatic rings. The van der Waals surface area contributed by atoms with Gasteiger partial charge in [0.25, 0.3) is 0 Å². The SMILES string of the molecule is COc1ccc(C2(C[NH3+])CCOCC2)cc1OC. The van der Waals surface area contributed by atoms with Crippen LogP contribution in [0.25, 0.3) is 0 Å². The molecule has 2 rings (SSSR count). The average molecular weight is 252 g/mol. The van der Waals surface area contributed by atoms with E-state index in [9.17, 15) is 0 Å². The minimum absolute atomic E-state index is 0.123. The van der Waals surface area contributed by atoms with E-state index >= 15 is 0 Å². The molecule has 1 saturated heterocycles. The van der Waals surface area contributed by atoms with Crippen molar-refractivity contribution in [2.75, 3.05) is 34.0 Å². The summed E-state index contributed by atoms with van der Waals surface area (Å²) < 4.78 is 16.1. The van der Waals surface area contributed by atoms with Crippen LogP contribution >= 0.6 is 0 Å². The molecular weight excluding hydrogens is 230 g/mol. The highest BCUT2D eigenvalue weighted by atomic mass is 16.5. The van der Waals surface area contributed by atoms with Gasteiger partial charge in [-0.1, -0.05) is 6.07 Å². The van der Waals surface area contributed by atoms with Gasteiger partial charge in [-0.2, -0.15) is 0 Å². The Morgan fingerprint density at radius 2 is 1.83 bits per heavy atom. The number of hydrogen-bond donors (Lipinski definition) is 1. The molecule has 100 valence electrons. The lowest BCUT2D eigenvalue weighted by Gasteiger charge is -2.35. The van der Waals surface area contributed by atoms with Gasteiger partial charge >= 0.3 is 0 Å². The molecule has 0 radical (unpaired) electrons. The van der Waals surface area contributed by atoms with E-state index in [1.807, 2.05) is 6.07 Å². The summed E-state index contributed by atoms with van der Waals surface area (Å²) in [5.74, 6) is 1.56. The summed E-state index contributed by atoms with van der Waals surface area (Å²) in [6.07, 6.45) is 2.04. The molecule has 0 atom stereocenters. The number of benzene rings is 1. The summed E-state index contributed by atoms with van der Waals surface area (Å²) in [5, 5.41) is 0. The molecular formula is C14H22NO3+. The predicted molar refractivity (Wildman–Crippen MR) is 69.0 cm³/mol. The molecule has 0 saturated carbocycles. The third-order valence-corrected chi connectivity index (χ3v) is 3.92. The molecule has 4 nitrogen and oxygen atoms in total. The fourth-order valence-electron chi connectivity index (χ4n) is 2.61. The zero-order chi connectivity index (χ0) is 13.0. The Bertz CT molecular complexity index is 400. The lowest BCUT2D eigenvalue weighted by atomic mass is 9.74. The van der Waals surface area contributed by atoms with Gasteiger partial charge < -0.3 is 19.9 Å². The van der Waals surface area contributed by atoms with E-state index in [1.165, 1.54) is 5.56 Å². The molecule has 0 bridgehead atoms. The van der Waals surface area contributed by atoms with Crippen LogP contribution < -0.4 is 15.2 Å². The smallest absolute Gasteiger partial charge is 0.161 e. The van der Waals surface area contributed by atoms with Crippen molar-refractivity contribution in [3.63, 3.8) is 0 Å². The molecule has 3 N–H and O–H groups in total. The molecule has 0 spiro atoms. The van der Waals surface area contributed by atoms with Crippen molar-refractivity contribution < 1.29 is 19.9 Å². The summed E-state index contributed by atoms with van der Waals surface area (Å²) in [7, 11) is 3.33. The maximum absolute atomic E-state index is 5.47. The molecule has 1 aromatic carbocycles. The number of quaternary nitrogens is 1. The Kier molecular flexibility index (Phi) is 4.09. The first-order chi connectivity index (χ1) is 8.75. The molecule has 0 unspecified atom stereocenters. The van der Waals surface area contributed by atoms with Crippen LogP contribution in [-0.2, 0) is 10.2 Å². The van der Waals surface area contributed by atoms with E-state index in [4.69, 9.17) is 14.2 Å². The first-order valence-electron chi connectivity index (χ1n) is 6.35. The molecule has 1 aliphatic rings. The van der Waals surface area contributed by atoms with Crippen molar-refractivity contribution in [2.24, 2.45) is 0 Å². The minimum Gasteiger partial charge on any atom is -0.493 e. The molecule has 4 heteroatoms. The lowest BCUT2D eigenvalue weighted by Crippen LogP contribution is -2.61. The lowest BCUT2D eigenvalue weighted by molar-refractivity contribution is -0.386. The minimum atomic E-state index is 0.123. The second kappa shape index (κ2) is 5.59. The topological polar surface area (TPSA) is 55.3 Å². The van der Waals surface area contributed by atoms with Gasteiger partial charge in [0.05, 0.1) is 20.8 Å². The predicted octanol–water partition coefficient (Wildman–Crippen LogP) is 0.994. The van der Waals surface area contributed by atoms with Gasteiger partial charge in [0.1, 0.15) is 0 Å². The average Bonchev–Trinajstić information content (AvgIpc) is 2.47. The molecule has 0 aliphatic carbocycles. The number of methoxy groups -OCH3 is 2. The van der Waals surface area contributed by atoms with Crippen LogP contribution in [0.3, 0.4) is 0 Å². The van der Waals surface area contributed by atoms with Gasteiger partial charge in [-0.25, -0.2) is 0 Å². The summed E-state index contributed by atoms with van der Waals surface area (Å²) in [6.45, 7) is 2.50. The van der Waals surface area contributed by atoms with Gasteiger partial charge in [0.15, 0.2) is 11.5 Å². The van der Waals surface area contributed by atoms with Crippen LogP contribution in [-0.4, -0.2) is 34.0 Å². The summed E-state index contributed by atoms with van der Waals surface area (Å²) in [6, 6.07) is 6.17. The van der Waals surface area contributed by atoms with E-state index in [0.29, 0.717) is 0 Å². The van der Waals surface area contributed by atoms with Crippen LogP contribution in [0.4, 0.5) is 0 Å².